The summed E-state index contributed by atoms with van der Waals surface area (Å²) in [5, 5.41) is 10.8. The summed E-state index contributed by atoms with van der Waals surface area (Å²) in [4.78, 5) is 38.5. The van der Waals surface area contributed by atoms with E-state index >= 15 is 0 Å². The van der Waals surface area contributed by atoms with Gasteiger partial charge < -0.3 is 0 Å². The molecule has 0 aliphatic carbocycles. The van der Waals surface area contributed by atoms with Gasteiger partial charge >= 0.3 is 5.69 Å². The lowest BCUT2D eigenvalue weighted by Crippen LogP contribution is -2.26. The second kappa shape index (κ2) is 5.76. The van der Waals surface area contributed by atoms with Crippen LogP contribution in [0.1, 0.15) is 13.3 Å². The number of hydrogen-bond donors (Lipinski definition) is 0. The average Bonchev–Trinajstić information content (AvgIpc) is 2.69. The molecule has 1 fully saturated rings. The van der Waals surface area contributed by atoms with E-state index in [0.717, 1.165) is 17.8 Å². The molecule has 0 bridgehead atoms. The minimum atomic E-state index is -0.632. The van der Waals surface area contributed by atoms with Crippen LogP contribution >= 0.6 is 23.4 Å². The molecule has 0 radical (unpaired) electrons. The smallest absolute Gasteiger partial charge is 0.290 e. The number of aromatic nitrogens is 1. The van der Waals surface area contributed by atoms with Crippen LogP contribution in [0.4, 0.5) is 11.5 Å². The van der Waals surface area contributed by atoms with Crippen LogP contribution in [-0.4, -0.2) is 32.7 Å². The van der Waals surface area contributed by atoms with Crippen molar-refractivity contribution in [3.63, 3.8) is 0 Å². The Morgan fingerprint density at radius 2 is 2.35 bits per heavy atom. The van der Waals surface area contributed by atoms with Crippen molar-refractivity contribution in [3.8, 4) is 0 Å². The molecule has 1 atom stereocenters. The molecular weight excluding hydrogens is 306 g/mol. The van der Waals surface area contributed by atoms with Crippen molar-refractivity contribution in [2.24, 2.45) is 0 Å². The molecule has 7 nitrogen and oxygen atoms in total. The molecule has 0 saturated carbocycles. The van der Waals surface area contributed by atoms with E-state index in [1.54, 1.807) is 0 Å². The number of anilines is 1. The summed E-state index contributed by atoms with van der Waals surface area (Å²) >= 11 is 6.74. The van der Waals surface area contributed by atoms with Gasteiger partial charge in [-0.3, -0.25) is 24.6 Å². The number of pyridine rings is 1. The molecule has 1 aliphatic rings. The molecule has 1 aliphatic heterocycles. The lowest BCUT2D eigenvalue weighted by molar-refractivity contribution is -0.384. The molecule has 1 saturated heterocycles. The van der Waals surface area contributed by atoms with Crippen molar-refractivity contribution in [1.29, 1.82) is 0 Å². The molecular formula is C11H10ClN3O4S. The number of amides is 1. The maximum atomic E-state index is 11.9. The van der Waals surface area contributed by atoms with Gasteiger partial charge in [-0.15, -0.1) is 0 Å². The Morgan fingerprint density at radius 3 is 2.95 bits per heavy atom. The summed E-state index contributed by atoms with van der Waals surface area (Å²) in [5.41, 5.74) is -0.320. The Balaban J connectivity index is 2.30. The molecule has 1 unspecified atom stereocenters. The fourth-order valence-electron chi connectivity index (χ4n) is 1.96. The first-order valence-corrected chi connectivity index (χ1v) is 6.91. The quantitative estimate of drug-likeness (QED) is 0.626. The molecule has 20 heavy (non-hydrogen) atoms. The Labute approximate surface area is 123 Å². The molecule has 106 valence electrons. The van der Waals surface area contributed by atoms with Crippen molar-refractivity contribution in [2.45, 2.75) is 18.6 Å². The minimum absolute atomic E-state index is 0.0314. The van der Waals surface area contributed by atoms with Crippen LogP contribution in [0.15, 0.2) is 12.3 Å². The average molecular weight is 316 g/mol. The third kappa shape index (κ3) is 3.07. The Bertz CT molecular complexity index is 595. The first-order chi connectivity index (χ1) is 9.38. The van der Waals surface area contributed by atoms with Crippen LogP contribution in [0.25, 0.3) is 0 Å². The number of carbonyl (C=O) groups is 2. The minimum Gasteiger partial charge on any atom is -0.290 e. The summed E-state index contributed by atoms with van der Waals surface area (Å²) in [6.07, 6.45) is 1.41. The van der Waals surface area contributed by atoms with E-state index in [1.165, 1.54) is 18.0 Å². The van der Waals surface area contributed by atoms with Crippen LogP contribution in [0.3, 0.4) is 0 Å². The van der Waals surface area contributed by atoms with Crippen LogP contribution in [0.5, 0.6) is 0 Å². The van der Waals surface area contributed by atoms with Gasteiger partial charge in [0.2, 0.25) is 11.7 Å². The lowest BCUT2D eigenvalue weighted by atomic mass is 10.3. The number of halogens is 1. The predicted molar refractivity (Wildman–Crippen MR) is 74.9 cm³/mol. The van der Waals surface area contributed by atoms with E-state index in [0.29, 0.717) is 0 Å². The maximum Gasteiger partial charge on any atom is 0.313 e. The maximum absolute atomic E-state index is 11.9. The van der Waals surface area contributed by atoms with Gasteiger partial charge in [-0.25, -0.2) is 4.98 Å². The normalized spacial score (nSPS) is 18.4. The van der Waals surface area contributed by atoms with Crippen molar-refractivity contribution >= 4 is 45.9 Å². The van der Waals surface area contributed by atoms with Gasteiger partial charge in [-0.05, 0) is 0 Å². The zero-order valence-corrected chi connectivity index (χ0v) is 12.0. The van der Waals surface area contributed by atoms with E-state index in [2.05, 4.69) is 4.98 Å². The third-order valence-corrected chi connectivity index (χ3v) is 3.88. The van der Waals surface area contributed by atoms with E-state index < -0.39 is 4.92 Å². The molecule has 1 amide bonds. The van der Waals surface area contributed by atoms with Gasteiger partial charge in [0, 0.05) is 37.4 Å². The van der Waals surface area contributed by atoms with E-state index in [1.807, 2.05) is 0 Å². The Hall–Kier alpha value is -1.67. The van der Waals surface area contributed by atoms with Crippen LogP contribution in [0.2, 0.25) is 5.02 Å². The number of rotatable bonds is 3. The van der Waals surface area contributed by atoms with E-state index in [4.69, 9.17) is 11.6 Å². The summed E-state index contributed by atoms with van der Waals surface area (Å²) < 4.78 is 0. The molecule has 0 N–H and O–H groups in total. The van der Waals surface area contributed by atoms with Crippen LogP contribution in [-0.2, 0) is 9.59 Å². The summed E-state index contributed by atoms with van der Waals surface area (Å²) in [7, 11) is 0. The fraction of sp³-hybridized carbons (Fsp3) is 0.364. The number of thioether (sulfide) groups is 1. The van der Waals surface area contributed by atoms with Gasteiger partial charge in [-0.2, -0.15) is 0 Å². The van der Waals surface area contributed by atoms with Crippen molar-refractivity contribution in [3.05, 3.63) is 27.4 Å². The lowest BCUT2D eigenvalue weighted by Gasteiger charge is -2.15. The van der Waals surface area contributed by atoms with Gasteiger partial charge in [0.25, 0.3) is 0 Å². The standard InChI is InChI=1S/C11H10ClN3O4S/c1-6(16)20-8-3-10(17)14(5-8)11-9(15(18)19)2-7(12)4-13-11/h2,4,8H,3,5H2,1H3. The Kier molecular flexibility index (Phi) is 4.24. The van der Waals surface area contributed by atoms with Crippen LogP contribution < -0.4 is 4.90 Å². The first-order valence-electron chi connectivity index (χ1n) is 5.66. The molecule has 9 heteroatoms. The monoisotopic (exact) mass is 315 g/mol. The highest BCUT2D eigenvalue weighted by molar-refractivity contribution is 8.14. The second-order valence-electron chi connectivity index (χ2n) is 4.19. The van der Waals surface area contributed by atoms with Gasteiger partial charge in [0.15, 0.2) is 5.12 Å². The molecule has 0 spiro atoms. The third-order valence-electron chi connectivity index (χ3n) is 2.69. The van der Waals surface area contributed by atoms with Crippen molar-refractivity contribution in [2.75, 3.05) is 11.4 Å². The molecule has 1 aromatic rings. The van der Waals surface area contributed by atoms with Crippen molar-refractivity contribution < 1.29 is 14.5 Å². The molecule has 0 aromatic carbocycles. The summed E-state index contributed by atoms with van der Waals surface area (Å²) in [5.74, 6) is -0.322. The fourth-order valence-corrected chi connectivity index (χ4v) is 3.03. The first kappa shape index (κ1) is 14.7. The summed E-state index contributed by atoms with van der Waals surface area (Å²) in [6, 6.07) is 1.16. The SMILES string of the molecule is CC(=O)SC1CC(=O)N(c2ncc(Cl)cc2[N+](=O)[O-])C1. The van der Waals surface area contributed by atoms with E-state index in [-0.39, 0.29) is 45.8 Å². The predicted octanol–water partition coefficient (Wildman–Crippen LogP) is 2.03. The highest BCUT2D eigenvalue weighted by Gasteiger charge is 2.36. The zero-order chi connectivity index (χ0) is 14.9. The van der Waals surface area contributed by atoms with Gasteiger partial charge in [-0.1, -0.05) is 23.4 Å². The highest BCUT2D eigenvalue weighted by Crippen LogP contribution is 2.33. The number of nitrogens with zero attached hydrogens (tertiary/aromatic N) is 3. The van der Waals surface area contributed by atoms with E-state index in [9.17, 15) is 19.7 Å². The largest absolute Gasteiger partial charge is 0.313 e. The summed E-state index contributed by atoms with van der Waals surface area (Å²) in [6.45, 7) is 1.64. The van der Waals surface area contributed by atoms with Gasteiger partial charge in [0.1, 0.15) is 0 Å². The number of hydrogen-bond acceptors (Lipinski definition) is 6. The van der Waals surface area contributed by atoms with Gasteiger partial charge in [0.05, 0.1) is 9.95 Å². The molecule has 1 aromatic heterocycles. The number of carbonyl (C=O) groups excluding carboxylic acids is 2. The topological polar surface area (TPSA) is 93.4 Å². The second-order valence-corrected chi connectivity index (χ2v) is 6.11. The van der Waals surface area contributed by atoms with Crippen molar-refractivity contribution in [1.82, 2.24) is 4.98 Å². The Morgan fingerprint density at radius 1 is 1.65 bits per heavy atom. The molecule has 2 rings (SSSR count). The zero-order valence-electron chi connectivity index (χ0n) is 10.4. The highest BCUT2D eigenvalue weighted by atomic mass is 35.5. The van der Waals surface area contributed by atoms with Crippen LogP contribution in [0, 0.1) is 10.1 Å². The number of nitro groups is 1. The molecule has 2 heterocycles.